The molecule has 152 valence electrons. The van der Waals surface area contributed by atoms with Crippen LogP contribution in [0.3, 0.4) is 0 Å². The highest BCUT2D eigenvalue weighted by Crippen LogP contribution is 2.22. The first kappa shape index (κ1) is 20.5. The number of ether oxygens (including phenoxy) is 1. The van der Waals surface area contributed by atoms with Crippen LogP contribution in [0.25, 0.3) is 0 Å². The summed E-state index contributed by atoms with van der Waals surface area (Å²) in [7, 11) is 0. The second-order valence-electron chi connectivity index (χ2n) is 6.67. The van der Waals surface area contributed by atoms with Crippen molar-refractivity contribution in [2.24, 2.45) is 0 Å². The SMILES string of the molecule is C#CCOC1CCC(NC(=O)c2[nH]ncc2NC(=O)c2c(F)cccc2F)CC1. The number of hydrogen-bond acceptors (Lipinski definition) is 4. The van der Waals surface area contributed by atoms with Gasteiger partial charge in [-0.2, -0.15) is 5.10 Å². The number of amides is 2. The maximum atomic E-state index is 13.8. The number of carbonyl (C=O) groups is 2. The van der Waals surface area contributed by atoms with E-state index < -0.39 is 29.0 Å². The number of anilines is 1. The Morgan fingerprint density at radius 1 is 1.21 bits per heavy atom. The number of terminal acetylenes is 1. The van der Waals surface area contributed by atoms with Crippen molar-refractivity contribution >= 4 is 17.5 Å². The second-order valence-corrected chi connectivity index (χ2v) is 6.67. The number of halogens is 2. The van der Waals surface area contributed by atoms with E-state index in [1.807, 2.05) is 0 Å². The lowest BCUT2D eigenvalue weighted by Crippen LogP contribution is -2.39. The van der Waals surface area contributed by atoms with Gasteiger partial charge in [-0.25, -0.2) is 8.78 Å². The van der Waals surface area contributed by atoms with E-state index in [1.54, 1.807) is 0 Å². The van der Waals surface area contributed by atoms with Crippen molar-refractivity contribution < 1.29 is 23.1 Å². The van der Waals surface area contributed by atoms with Crippen molar-refractivity contribution in [2.45, 2.75) is 37.8 Å². The summed E-state index contributed by atoms with van der Waals surface area (Å²) in [6.07, 6.45) is 9.45. The second kappa shape index (κ2) is 9.30. The maximum absolute atomic E-state index is 13.8. The van der Waals surface area contributed by atoms with Crippen LogP contribution >= 0.6 is 0 Å². The molecule has 1 heterocycles. The highest BCUT2D eigenvalue weighted by Gasteiger charge is 2.25. The monoisotopic (exact) mass is 402 g/mol. The van der Waals surface area contributed by atoms with E-state index in [-0.39, 0.29) is 30.1 Å². The molecule has 1 aliphatic rings. The fraction of sp³-hybridized carbons (Fsp3) is 0.350. The summed E-state index contributed by atoms with van der Waals surface area (Å²) < 4.78 is 33.1. The molecular formula is C20H20F2N4O3. The number of nitrogens with one attached hydrogen (secondary N) is 3. The zero-order valence-electron chi connectivity index (χ0n) is 15.5. The van der Waals surface area contributed by atoms with Gasteiger partial charge in [0.25, 0.3) is 11.8 Å². The molecule has 0 spiro atoms. The Hall–Kier alpha value is -3.25. The normalized spacial score (nSPS) is 18.7. The summed E-state index contributed by atoms with van der Waals surface area (Å²) in [6, 6.07) is 3.05. The molecule has 0 atom stereocenters. The highest BCUT2D eigenvalue weighted by molar-refractivity contribution is 6.08. The number of nitrogens with zero attached hydrogens (tertiary/aromatic N) is 1. The van der Waals surface area contributed by atoms with Crippen LogP contribution in [0.2, 0.25) is 0 Å². The molecule has 0 saturated heterocycles. The molecule has 2 aromatic rings. The van der Waals surface area contributed by atoms with Crippen LogP contribution in [0, 0.1) is 24.0 Å². The average Bonchev–Trinajstić information content (AvgIpc) is 3.15. The number of benzene rings is 1. The minimum atomic E-state index is -1.01. The number of carbonyl (C=O) groups excluding carboxylic acids is 2. The Balaban J connectivity index is 1.61. The Morgan fingerprint density at radius 2 is 1.90 bits per heavy atom. The molecule has 1 saturated carbocycles. The molecular weight excluding hydrogens is 382 g/mol. The van der Waals surface area contributed by atoms with Gasteiger partial charge < -0.3 is 15.4 Å². The van der Waals surface area contributed by atoms with Crippen LogP contribution < -0.4 is 10.6 Å². The van der Waals surface area contributed by atoms with Gasteiger partial charge in [-0.3, -0.25) is 14.7 Å². The molecule has 9 heteroatoms. The minimum Gasteiger partial charge on any atom is -0.366 e. The van der Waals surface area contributed by atoms with Crippen LogP contribution in [0.5, 0.6) is 0 Å². The molecule has 0 radical (unpaired) electrons. The zero-order valence-corrected chi connectivity index (χ0v) is 15.5. The van der Waals surface area contributed by atoms with Crippen molar-refractivity contribution in [1.29, 1.82) is 0 Å². The lowest BCUT2D eigenvalue weighted by molar-refractivity contribution is 0.0417. The third kappa shape index (κ3) is 4.97. The minimum absolute atomic E-state index is 0.000743. The van der Waals surface area contributed by atoms with Gasteiger partial charge in [-0.15, -0.1) is 6.42 Å². The molecule has 3 rings (SSSR count). The van der Waals surface area contributed by atoms with Crippen LogP contribution in [0.1, 0.15) is 46.5 Å². The molecule has 1 aromatic heterocycles. The van der Waals surface area contributed by atoms with Crippen molar-refractivity contribution in [3.05, 3.63) is 47.3 Å². The molecule has 3 N–H and O–H groups in total. The van der Waals surface area contributed by atoms with Crippen LogP contribution in [-0.2, 0) is 4.74 Å². The molecule has 1 fully saturated rings. The lowest BCUT2D eigenvalue weighted by Gasteiger charge is -2.28. The first-order chi connectivity index (χ1) is 14.0. The number of rotatable bonds is 6. The number of aromatic nitrogens is 2. The predicted molar refractivity (Wildman–Crippen MR) is 101 cm³/mol. The molecule has 0 aliphatic heterocycles. The van der Waals surface area contributed by atoms with Gasteiger partial charge in [-0.1, -0.05) is 12.0 Å². The first-order valence-corrected chi connectivity index (χ1v) is 9.14. The van der Waals surface area contributed by atoms with Gasteiger partial charge in [0.1, 0.15) is 29.5 Å². The lowest BCUT2D eigenvalue weighted by atomic mass is 9.93. The predicted octanol–water partition coefficient (Wildman–Crippen LogP) is 2.63. The van der Waals surface area contributed by atoms with E-state index in [2.05, 4.69) is 26.8 Å². The highest BCUT2D eigenvalue weighted by atomic mass is 19.1. The molecule has 7 nitrogen and oxygen atoms in total. The Morgan fingerprint density at radius 3 is 2.55 bits per heavy atom. The Bertz CT molecular complexity index is 910. The van der Waals surface area contributed by atoms with E-state index in [4.69, 9.17) is 11.2 Å². The van der Waals surface area contributed by atoms with Crippen molar-refractivity contribution in [2.75, 3.05) is 11.9 Å². The summed E-state index contributed by atoms with van der Waals surface area (Å²) in [4.78, 5) is 24.8. The molecule has 29 heavy (non-hydrogen) atoms. The number of aromatic amines is 1. The van der Waals surface area contributed by atoms with E-state index in [1.165, 1.54) is 6.20 Å². The fourth-order valence-corrected chi connectivity index (χ4v) is 3.25. The summed E-state index contributed by atoms with van der Waals surface area (Å²) in [5, 5.41) is 11.4. The van der Waals surface area contributed by atoms with E-state index in [0.29, 0.717) is 0 Å². The van der Waals surface area contributed by atoms with Crippen LogP contribution in [-0.4, -0.2) is 40.8 Å². The van der Waals surface area contributed by atoms with Crippen molar-refractivity contribution in [1.82, 2.24) is 15.5 Å². The standard InChI is InChI=1S/C20H20F2N4O3/c1-2-10-29-13-8-6-12(7-9-13)24-20(28)18-16(11-23-26-18)25-19(27)17-14(21)4-3-5-15(17)22/h1,3-5,11-13H,6-10H2,(H,23,26)(H,24,28)(H,25,27). The molecule has 1 aromatic carbocycles. The van der Waals surface area contributed by atoms with Gasteiger partial charge in [0.05, 0.1) is 18.0 Å². The third-order valence-electron chi connectivity index (χ3n) is 4.72. The van der Waals surface area contributed by atoms with Gasteiger partial charge in [0, 0.05) is 6.04 Å². The average molecular weight is 402 g/mol. The van der Waals surface area contributed by atoms with Crippen molar-refractivity contribution in [3.8, 4) is 12.3 Å². The van der Waals surface area contributed by atoms with Gasteiger partial charge >= 0.3 is 0 Å². The Labute approximate surface area is 166 Å². The van der Waals surface area contributed by atoms with Crippen LogP contribution in [0.15, 0.2) is 24.4 Å². The van der Waals surface area contributed by atoms with Gasteiger partial charge in [0.15, 0.2) is 0 Å². The van der Waals surface area contributed by atoms with E-state index >= 15 is 0 Å². The zero-order chi connectivity index (χ0) is 20.8. The summed E-state index contributed by atoms with van der Waals surface area (Å²) in [6.45, 7) is 0.265. The van der Waals surface area contributed by atoms with E-state index in [9.17, 15) is 18.4 Å². The van der Waals surface area contributed by atoms with Gasteiger partial charge in [0.2, 0.25) is 0 Å². The van der Waals surface area contributed by atoms with Crippen molar-refractivity contribution in [3.63, 3.8) is 0 Å². The number of hydrogen-bond donors (Lipinski definition) is 3. The smallest absolute Gasteiger partial charge is 0.271 e. The van der Waals surface area contributed by atoms with Crippen LogP contribution in [0.4, 0.5) is 14.5 Å². The fourth-order valence-electron chi connectivity index (χ4n) is 3.25. The first-order valence-electron chi connectivity index (χ1n) is 9.14. The van der Waals surface area contributed by atoms with Gasteiger partial charge in [-0.05, 0) is 37.8 Å². The number of H-pyrrole nitrogens is 1. The maximum Gasteiger partial charge on any atom is 0.271 e. The molecule has 0 unspecified atom stereocenters. The summed E-state index contributed by atoms with van der Waals surface area (Å²) in [5.41, 5.74) is -0.702. The summed E-state index contributed by atoms with van der Waals surface area (Å²) >= 11 is 0. The largest absolute Gasteiger partial charge is 0.366 e. The third-order valence-corrected chi connectivity index (χ3v) is 4.72. The molecule has 2 amide bonds. The summed E-state index contributed by atoms with van der Waals surface area (Å²) in [5.74, 6) is -1.05. The van der Waals surface area contributed by atoms with E-state index in [0.717, 1.165) is 43.9 Å². The quantitative estimate of drug-likeness (QED) is 0.648. The topological polar surface area (TPSA) is 96.1 Å². The molecule has 0 bridgehead atoms. The molecule has 1 aliphatic carbocycles. The Kier molecular flexibility index (Phi) is 6.57.